The Labute approximate surface area is 103 Å². The van der Waals surface area contributed by atoms with Gasteiger partial charge in [0.15, 0.2) is 0 Å². The molecule has 1 N–H and O–H groups in total. The van der Waals surface area contributed by atoms with E-state index in [1.807, 2.05) is 0 Å². The third-order valence-electron chi connectivity index (χ3n) is 5.18. The molecule has 1 saturated carbocycles. The molecule has 1 spiro atoms. The number of carbonyl (C=O) groups excluding carboxylic acids is 1. The van der Waals surface area contributed by atoms with E-state index in [0.29, 0.717) is 6.54 Å². The molecule has 2 heterocycles. The minimum atomic E-state index is -0.498. The average molecular weight is 238 g/mol. The maximum Gasteiger partial charge on any atom is 0.320 e. The molecule has 3 rings (SSSR count). The van der Waals surface area contributed by atoms with Crippen LogP contribution < -0.4 is 5.32 Å². The average Bonchev–Trinajstić information content (AvgIpc) is 2.94. The summed E-state index contributed by atoms with van der Waals surface area (Å²) in [6.45, 7) is 2.34. The summed E-state index contributed by atoms with van der Waals surface area (Å²) < 4.78 is -0.498. The Balaban J connectivity index is 1.81. The highest BCUT2D eigenvalue weighted by molar-refractivity contribution is 5.79. The van der Waals surface area contributed by atoms with Crippen molar-refractivity contribution in [1.82, 2.24) is 5.32 Å². The number of quaternary nitrogens is 1. The van der Waals surface area contributed by atoms with Gasteiger partial charge >= 0.3 is 5.91 Å². The van der Waals surface area contributed by atoms with Gasteiger partial charge in [0, 0.05) is 32.4 Å². The Morgan fingerprint density at radius 3 is 2.47 bits per heavy atom. The van der Waals surface area contributed by atoms with Gasteiger partial charge < -0.3 is 10.5 Å². The molecule has 0 aromatic carbocycles. The van der Waals surface area contributed by atoms with E-state index in [1.165, 1.54) is 0 Å². The molecule has 17 heavy (non-hydrogen) atoms. The zero-order valence-corrected chi connectivity index (χ0v) is 10.4. The fraction of sp³-hybridized carbons (Fsp3) is 0.923. The number of hydrogen-bond donors (Lipinski definition) is 1. The molecule has 1 amide bonds. The molecule has 4 nitrogen and oxygen atoms in total. The molecule has 0 aromatic heterocycles. The van der Waals surface area contributed by atoms with E-state index < -0.39 is 4.65 Å². The van der Waals surface area contributed by atoms with Gasteiger partial charge in [0.05, 0.1) is 18.0 Å². The number of likely N-dealkylation sites (tertiary alicyclic amines) is 1. The predicted octanol–water partition coefficient (Wildman–Crippen LogP) is 1.54. The van der Waals surface area contributed by atoms with Gasteiger partial charge in [0.2, 0.25) is 0 Å². The van der Waals surface area contributed by atoms with Crippen LogP contribution in [0.5, 0.6) is 0 Å². The highest BCUT2D eigenvalue weighted by Gasteiger charge is 2.57. The second-order valence-electron chi connectivity index (χ2n) is 6.04. The van der Waals surface area contributed by atoms with Crippen LogP contribution in [0.1, 0.15) is 44.9 Å². The molecule has 1 unspecified atom stereocenters. The van der Waals surface area contributed by atoms with E-state index in [9.17, 15) is 10.0 Å². The maximum atomic E-state index is 12.9. The number of amides is 1. The summed E-state index contributed by atoms with van der Waals surface area (Å²) in [6.07, 6.45) is 6.80. The van der Waals surface area contributed by atoms with E-state index in [-0.39, 0.29) is 17.4 Å². The van der Waals surface area contributed by atoms with Crippen molar-refractivity contribution in [2.24, 2.45) is 5.41 Å². The van der Waals surface area contributed by atoms with Gasteiger partial charge in [-0.2, -0.15) is 0 Å². The van der Waals surface area contributed by atoms with Crippen molar-refractivity contribution < 1.29 is 9.44 Å². The quantitative estimate of drug-likeness (QED) is 0.557. The van der Waals surface area contributed by atoms with Crippen LogP contribution in [0.25, 0.3) is 0 Å². The summed E-state index contributed by atoms with van der Waals surface area (Å²) in [6, 6.07) is 0.0312. The highest BCUT2D eigenvalue weighted by Crippen LogP contribution is 2.50. The van der Waals surface area contributed by atoms with Gasteiger partial charge in [-0.05, 0) is 12.8 Å². The SMILES string of the molecule is O=C1C2(CCCC2)CC[N+]1([O-])C1CCNCC1. The van der Waals surface area contributed by atoms with Crippen LogP contribution in [0.2, 0.25) is 0 Å². The first-order valence-corrected chi connectivity index (χ1v) is 7.02. The molecule has 2 aliphatic heterocycles. The van der Waals surface area contributed by atoms with Crippen molar-refractivity contribution in [3.05, 3.63) is 5.21 Å². The molecule has 1 atom stereocenters. The van der Waals surface area contributed by atoms with Crippen LogP contribution in [-0.2, 0) is 4.79 Å². The van der Waals surface area contributed by atoms with Crippen molar-refractivity contribution in [2.45, 2.75) is 51.0 Å². The van der Waals surface area contributed by atoms with Crippen LogP contribution in [0.3, 0.4) is 0 Å². The van der Waals surface area contributed by atoms with Gasteiger partial charge in [0.1, 0.15) is 0 Å². The van der Waals surface area contributed by atoms with Crippen molar-refractivity contribution in [3.63, 3.8) is 0 Å². The van der Waals surface area contributed by atoms with Crippen LogP contribution >= 0.6 is 0 Å². The van der Waals surface area contributed by atoms with Crippen molar-refractivity contribution in [2.75, 3.05) is 19.6 Å². The Morgan fingerprint density at radius 2 is 1.82 bits per heavy atom. The Hall–Kier alpha value is -0.450. The minimum absolute atomic E-state index is 0.0295. The molecule has 0 bridgehead atoms. The summed E-state index contributed by atoms with van der Waals surface area (Å²) in [7, 11) is 0. The van der Waals surface area contributed by atoms with Crippen molar-refractivity contribution in [1.29, 1.82) is 0 Å². The summed E-state index contributed by atoms with van der Waals surface area (Å²) in [5, 5.41) is 16.2. The van der Waals surface area contributed by atoms with E-state index in [1.54, 1.807) is 0 Å². The first kappa shape index (κ1) is 11.6. The topological polar surface area (TPSA) is 52.2 Å². The van der Waals surface area contributed by atoms with E-state index in [4.69, 9.17) is 0 Å². The van der Waals surface area contributed by atoms with Gasteiger partial charge in [-0.25, -0.2) is 4.79 Å². The number of rotatable bonds is 1. The normalized spacial score (nSPS) is 38.1. The third-order valence-corrected chi connectivity index (χ3v) is 5.18. The number of hydrogen-bond acceptors (Lipinski definition) is 3. The van der Waals surface area contributed by atoms with Crippen LogP contribution in [0, 0.1) is 10.6 Å². The molecule has 4 heteroatoms. The largest absolute Gasteiger partial charge is 0.625 e. The van der Waals surface area contributed by atoms with Crippen LogP contribution in [0.15, 0.2) is 0 Å². The summed E-state index contributed by atoms with van der Waals surface area (Å²) >= 11 is 0. The van der Waals surface area contributed by atoms with E-state index in [2.05, 4.69) is 5.32 Å². The number of nitrogens with zero attached hydrogens (tertiary/aromatic N) is 1. The summed E-state index contributed by atoms with van der Waals surface area (Å²) in [4.78, 5) is 12.6. The zero-order valence-electron chi connectivity index (χ0n) is 10.4. The Kier molecular flexibility index (Phi) is 2.76. The minimum Gasteiger partial charge on any atom is -0.625 e. The molecule has 1 aliphatic carbocycles. The lowest BCUT2D eigenvalue weighted by Gasteiger charge is -2.45. The Morgan fingerprint density at radius 1 is 1.18 bits per heavy atom. The lowest BCUT2D eigenvalue weighted by molar-refractivity contribution is -0.825. The van der Waals surface area contributed by atoms with Crippen LogP contribution in [0.4, 0.5) is 0 Å². The molecule has 0 aromatic rings. The van der Waals surface area contributed by atoms with Crippen molar-refractivity contribution in [3.8, 4) is 0 Å². The zero-order chi connectivity index (χ0) is 11.9. The summed E-state index contributed by atoms with van der Waals surface area (Å²) in [5.74, 6) is 0.0295. The summed E-state index contributed by atoms with van der Waals surface area (Å²) in [5.41, 5.74) is -0.216. The molecule has 3 fully saturated rings. The van der Waals surface area contributed by atoms with E-state index in [0.717, 1.165) is 58.0 Å². The highest BCUT2D eigenvalue weighted by atomic mass is 16.6. The smallest absolute Gasteiger partial charge is 0.320 e. The molecule has 2 saturated heterocycles. The fourth-order valence-corrected chi connectivity index (χ4v) is 4.08. The lowest BCUT2D eigenvalue weighted by atomic mass is 9.84. The van der Waals surface area contributed by atoms with Gasteiger partial charge in [-0.15, -0.1) is 0 Å². The van der Waals surface area contributed by atoms with Crippen LogP contribution in [-0.4, -0.2) is 36.2 Å². The lowest BCUT2D eigenvalue weighted by Crippen LogP contribution is -2.56. The number of piperidine rings is 1. The molecule has 3 aliphatic rings. The first-order valence-electron chi connectivity index (χ1n) is 7.02. The molecule has 0 radical (unpaired) electrons. The maximum absolute atomic E-state index is 12.9. The predicted molar refractivity (Wildman–Crippen MR) is 64.9 cm³/mol. The second-order valence-corrected chi connectivity index (χ2v) is 6.04. The van der Waals surface area contributed by atoms with E-state index >= 15 is 0 Å². The standard InChI is InChI=1S/C13H22N2O2/c16-12-13(5-1-2-6-13)7-10-15(12,17)11-3-8-14-9-4-11/h11,14H,1-10H2. The monoisotopic (exact) mass is 238 g/mol. The van der Waals surface area contributed by atoms with Gasteiger partial charge in [-0.1, -0.05) is 12.8 Å². The third kappa shape index (κ3) is 1.65. The first-order chi connectivity index (χ1) is 8.17. The van der Waals surface area contributed by atoms with Crippen molar-refractivity contribution >= 4 is 5.91 Å². The molecular weight excluding hydrogens is 216 g/mol. The number of carbonyl (C=O) groups is 1. The molecular formula is C13H22N2O2. The second kappa shape index (κ2) is 4.04. The Bertz CT molecular complexity index is 319. The number of nitrogens with one attached hydrogen (secondary N) is 1. The van der Waals surface area contributed by atoms with Gasteiger partial charge in [0.25, 0.3) is 0 Å². The number of hydroxylamine groups is 3. The fourth-order valence-electron chi connectivity index (χ4n) is 4.08. The van der Waals surface area contributed by atoms with Gasteiger partial charge in [-0.3, -0.25) is 4.65 Å². The molecule has 96 valence electrons.